The highest BCUT2D eigenvalue weighted by atomic mass is 16.1. The fraction of sp³-hybridized carbons (Fsp3) is 0.462. The highest BCUT2D eigenvalue weighted by molar-refractivity contribution is 5.75. The van der Waals surface area contributed by atoms with E-state index in [4.69, 9.17) is 5.73 Å². The molecule has 0 bridgehead atoms. The Kier molecular flexibility index (Phi) is 3.45. The molecule has 2 rings (SSSR count). The summed E-state index contributed by atoms with van der Waals surface area (Å²) in [5.41, 5.74) is 6.39. The molecule has 0 aromatic heterocycles. The van der Waals surface area contributed by atoms with Crippen molar-refractivity contribution in [1.82, 2.24) is 10.2 Å². The number of piperazine rings is 1. The number of rotatable bonds is 3. The van der Waals surface area contributed by atoms with Crippen LogP contribution in [-0.4, -0.2) is 37.0 Å². The van der Waals surface area contributed by atoms with Gasteiger partial charge in [0.2, 0.25) is 5.91 Å². The molecule has 1 aliphatic heterocycles. The number of hydrogen-bond donors (Lipinski definition) is 2. The van der Waals surface area contributed by atoms with Crippen molar-refractivity contribution >= 4 is 5.91 Å². The van der Waals surface area contributed by atoms with Crippen molar-refractivity contribution in [2.24, 2.45) is 5.73 Å². The molecule has 0 saturated carbocycles. The smallest absolute Gasteiger partial charge is 0.231 e. The summed E-state index contributed by atoms with van der Waals surface area (Å²) in [5.74, 6) is -0.262. The number of nitrogens with one attached hydrogen (secondary N) is 1. The minimum absolute atomic E-state index is 0.102. The second kappa shape index (κ2) is 4.85. The number of amides is 1. The molecule has 1 atom stereocenters. The molecule has 4 nitrogen and oxygen atoms in total. The Labute approximate surface area is 102 Å². The normalized spacial score (nSPS) is 25.7. The second-order valence-corrected chi connectivity index (χ2v) is 4.80. The predicted molar refractivity (Wildman–Crippen MR) is 67.4 cm³/mol. The van der Waals surface area contributed by atoms with E-state index < -0.39 is 0 Å². The Morgan fingerprint density at radius 2 is 2.18 bits per heavy atom. The number of carbonyl (C=O) groups is 1. The van der Waals surface area contributed by atoms with Crippen LogP contribution in [-0.2, 0) is 10.3 Å². The van der Waals surface area contributed by atoms with Crippen molar-refractivity contribution in [2.75, 3.05) is 26.2 Å². The molecule has 4 heteroatoms. The lowest BCUT2D eigenvalue weighted by molar-refractivity contribution is -0.119. The van der Waals surface area contributed by atoms with Crippen LogP contribution in [0, 0.1) is 0 Å². The Balaban J connectivity index is 2.12. The van der Waals surface area contributed by atoms with Crippen molar-refractivity contribution in [3.63, 3.8) is 0 Å². The molecule has 1 aromatic rings. The number of nitrogens with zero attached hydrogens (tertiary/aromatic N) is 1. The standard InChI is InChI=1S/C13H19N3O/c1-13(11-5-3-2-4-6-11)10-16(8-7-15-13)9-12(14)17/h2-6,15H,7-10H2,1H3,(H2,14,17)/t13-/m1/s1. The van der Waals surface area contributed by atoms with Crippen molar-refractivity contribution in [3.05, 3.63) is 35.9 Å². The second-order valence-electron chi connectivity index (χ2n) is 4.80. The maximum absolute atomic E-state index is 11.0. The Morgan fingerprint density at radius 3 is 2.82 bits per heavy atom. The van der Waals surface area contributed by atoms with E-state index in [0.717, 1.165) is 19.6 Å². The molecule has 0 unspecified atom stereocenters. The summed E-state index contributed by atoms with van der Waals surface area (Å²) < 4.78 is 0. The molecule has 3 N–H and O–H groups in total. The summed E-state index contributed by atoms with van der Waals surface area (Å²) in [6, 6.07) is 10.3. The van der Waals surface area contributed by atoms with E-state index in [0.29, 0.717) is 6.54 Å². The monoisotopic (exact) mass is 233 g/mol. The summed E-state index contributed by atoms with van der Waals surface area (Å²) >= 11 is 0. The van der Waals surface area contributed by atoms with E-state index in [2.05, 4.69) is 29.3 Å². The van der Waals surface area contributed by atoms with Crippen molar-refractivity contribution in [2.45, 2.75) is 12.5 Å². The van der Waals surface area contributed by atoms with Crippen LogP contribution in [0.2, 0.25) is 0 Å². The minimum atomic E-state index is -0.262. The molecule has 1 saturated heterocycles. The molecule has 1 amide bonds. The first-order valence-corrected chi connectivity index (χ1v) is 5.91. The van der Waals surface area contributed by atoms with Crippen LogP contribution in [0.3, 0.4) is 0 Å². The Hall–Kier alpha value is -1.39. The molecular weight excluding hydrogens is 214 g/mol. The maximum Gasteiger partial charge on any atom is 0.231 e. The lowest BCUT2D eigenvalue weighted by Gasteiger charge is -2.41. The largest absolute Gasteiger partial charge is 0.369 e. The molecule has 1 heterocycles. The van der Waals surface area contributed by atoms with Crippen LogP contribution in [0.25, 0.3) is 0 Å². The van der Waals surface area contributed by atoms with Gasteiger partial charge in [-0.1, -0.05) is 30.3 Å². The summed E-state index contributed by atoms with van der Waals surface area (Å²) in [6.45, 7) is 5.05. The van der Waals surface area contributed by atoms with Gasteiger partial charge < -0.3 is 11.1 Å². The Bertz CT molecular complexity index is 393. The van der Waals surface area contributed by atoms with E-state index in [1.165, 1.54) is 5.56 Å². The Morgan fingerprint density at radius 1 is 1.47 bits per heavy atom. The van der Waals surface area contributed by atoms with E-state index in [-0.39, 0.29) is 11.4 Å². The van der Waals surface area contributed by atoms with Gasteiger partial charge in [-0.3, -0.25) is 9.69 Å². The fourth-order valence-corrected chi connectivity index (χ4v) is 2.43. The summed E-state index contributed by atoms with van der Waals surface area (Å²) in [5, 5.41) is 3.52. The molecular formula is C13H19N3O. The lowest BCUT2D eigenvalue weighted by Crippen LogP contribution is -2.57. The third-order valence-electron chi connectivity index (χ3n) is 3.27. The number of benzene rings is 1. The maximum atomic E-state index is 11.0. The van der Waals surface area contributed by atoms with Gasteiger partial charge in [-0.05, 0) is 12.5 Å². The molecule has 0 aliphatic carbocycles. The van der Waals surface area contributed by atoms with Crippen LogP contribution in [0.4, 0.5) is 0 Å². The van der Waals surface area contributed by atoms with Gasteiger partial charge in [-0.25, -0.2) is 0 Å². The predicted octanol–water partition coefficient (Wildman–Crippen LogP) is 0.292. The molecule has 92 valence electrons. The minimum Gasteiger partial charge on any atom is -0.369 e. The molecule has 0 radical (unpaired) electrons. The summed E-state index contributed by atoms with van der Waals surface area (Å²) in [4.78, 5) is 13.1. The van der Waals surface area contributed by atoms with Gasteiger partial charge in [-0.15, -0.1) is 0 Å². The first kappa shape index (κ1) is 12.1. The number of nitrogens with two attached hydrogens (primary N) is 1. The number of primary amides is 1. The third kappa shape index (κ3) is 2.84. The van der Waals surface area contributed by atoms with Crippen LogP contribution in [0.15, 0.2) is 30.3 Å². The first-order valence-electron chi connectivity index (χ1n) is 5.91. The molecule has 17 heavy (non-hydrogen) atoms. The highest BCUT2D eigenvalue weighted by Crippen LogP contribution is 2.23. The zero-order valence-corrected chi connectivity index (χ0v) is 10.1. The fourth-order valence-electron chi connectivity index (χ4n) is 2.43. The van der Waals surface area contributed by atoms with Gasteiger partial charge in [0.05, 0.1) is 12.1 Å². The van der Waals surface area contributed by atoms with Gasteiger partial charge in [0, 0.05) is 19.6 Å². The number of hydrogen-bond acceptors (Lipinski definition) is 3. The van der Waals surface area contributed by atoms with Crippen LogP contribution in [0.1, 0.15) is 12.5 Å². The molecule has 1 aromatic carbocycles. The van der Waals surface area contributed by atoms with Gasteiger partial charge in [0.1, 0.15) is 0 Å². The average Bonchev–Trinajstić information content (AvgIpc) is 2.29. The first-order chi connectivity index (χ1) is 8.10. The quantitative estimate of drug-likeness (QED) is 0.789. The SMILES string of the molecule is C[C@]1(c2ccccc2)CN(CC(N)=O)CCN1. The number of carbonyl (C=O) groups excluding carboxylic acids is 1. The lowest BCUT2D eigenvalue weighted by atomic mass is 9.89. The van der Waals surface area contributed by atoms with E-state index in [1.54, 1.807) is 0 Å². The van der Waals surface area contributed by atoms with Crippen molar-refractivity contribution in [1.29, 1.82) is 0 Å². The topological polar surface area (TPSA) is 58.4 Å². The summed E-state index contributed by atoms with van der Waals surface area (Å²) in [7, 11) is 0. The average molecular weight is 233 g/mol. The van der Waals surface area contributed by atoms with E-state index in [9.17, 15) is 4.79 Å². The van der Waals surface area contributed by atoms with Crippen LogP contribution in [0.5, 0.6) is 0 Å². The molecule has 0 spiro atoms. The van der Waals surface area contributed by atoms with Gasteiger partial charge in [-0.2, -0.15) is 0 Å². The zero-order chi connectivity index (χ0) is 12.3. The summed E-state index contributed by atoms with van der Waals surface area (Å²) in [6.07, 6.45) is 0. The van der Waals surface area contributed by atoms with E-state index in [1.807, 2.05) is 18.2 Å². The van der Waals surface area contributed by atoms with Crippen molar-refractivity contribution in [3.8, 4) is 0 Å². The van der Waals surface area contributed by atoms with Gasteiger partial charge >= 0.3 is 0 Å². The highest BCUT2D eigenvalue weighted by Gasteiger charge is 2.32. The zero-order valence-electron chi connectivity index (χ0n) is 10.1. The molecule has 1 fully saturated rings. The molecule has 1 aliphatic rings. The van der Waals surface area contributed by atoms with Gasteiger partial charge in [0.15, 0.2) is 0 Å². The van der Waals surface area contributed by atoms with Crippen LogP contribution >= 0.6 is 0 Å². The van der Waals surface area contributed by atoms with Crippen molar-refractivity contribution < 1.29 is 4.79 Å². The third-order valence-corrected chi connectivity index (χ3v) is 3.27. The van der Waals surface area contributed by atoms with Gasteiger partial charge in [0.25, 0.3) is 0 Å². The van der Waals surface area contributed by atoms with E-state index >= 15 is 0 Å². The van der Waals surface area contributed by atoms with Crippen LogP contribution < -0.4 is 11.1 Å².